The van der Waals surface area contributed by atoms with Gasteiger partial charge >= 0.3 is 0 Å². The van der Waals surface area contributed by atoms with Crippen LogP contribution in [0.5, 0.6) is 11.5 Å². The van der Waals surface area contributed by atoms with Gasteiger partial charge in [0.25, 0.3) is 0 Å². The van der Waals surface area contributed by atoms with Crippen LogP contribution in [-0.4, -0.2) is 18.7 Å². The van der Waals surface area contributed by atoms with Crippen LogP contribution in [0.2, 0.25) is 5.02 Å². The topological polar surface area (TPSA) is 43.4 Å². The summed E-state index contributed by atoms with van der Waals surface area (Å²) in [5.74, 6) is 1.58. The van der Waals surface area contributed by atoms with Crippen LogP contribution in [0.15, 0.2) is 60.7 Å². The van der Waals surface area contributed by atoms with Gasteiger partial charge in [-0.15, -0.1) is 0 Å². The number of pyridine rings is 1. The van der Waals surface area contributed by atoms with Crippen LogP contribution in [0.1, 0.15) is 6.92 Å². The number of hydrogen-bond donors (Lipinski definition) is 1. The fraction of sp³-hybridized carbons (Fsp3) is 0.136. The largest absolute Gasteiger partial charge is 0.497 e. The number of benzene rings is 3. The van der Waals surface area contributed by atoms with E-state index < -0.39 is 0 Å². The Kier molecular flexibility index (Phi) is 4.73. The van der Waals surface area contributed by atoms with Gasteiger partial charge in [0, 0.05) is 15.8 Å². The van der Waals surface area contributed by atoms with E-state index in [2.05, 4.69) is 5.32 Å². The molecule has 1 N–H and O–H groups in total. The minimum absolute atomic E-state index is 0.597. The second-order valence-corrected chi connectivity index (χ2v) is 6.52. The Morgan fingerprint density at radius 2 is 1.81 bits per heavy atom. The fourth-order valence-corrected chi connectivity index (χ4v) is 3.31. The van der Waals surface area contributed by atoms with E-state index in [1.165, 1.54) is 0 Å². The van der Waals surface area contributed by atoms with E-state index in [0.717, 1.165) is 44.7 Å². The number of hydrogen-bond acceptors (Lipinski definition) is 4. The number of fused-ring (bicyclic) bond motifs is 2. The minimum atomic E-state index is 0.597. The molecule has 27 heavy (non-hydrogen) atoms. The van der Waals surface area contributed by atoms with Crippen molar-refractivity contribution in [2.45, 2.75) is 6.92 Å². The van der Waals surface area contributed by atoms with Crippen molar-refractivity contribution in [3.05, 3.63) is 65.7 Å². The summed E-state index contributed by atoms with van der Waals surface area (Å²) in [5, 5.41) is 6.15. The van der Waals surface area contributed by atoms with Gasteiger partial charge in [-0.3, -0.25) is 0 Å². The van der Waals surface area contributed by atoms with Gasteiger partial charge in [0.05, 0.1) is 36.1 Å². The predicted octanol–water partition coefficient (Wildman–Crippen LogP) is 6.19. The number of anilines is 2. The van der Waals surface area contributed by atoms with Crippen molar-refractivity contribution in [1.29, 1.82) is 0 Å². The molecule has 0 bridgehead atoms. The summed E-state index contributed by atoms with van der Waals surface area (Å²) in [7, 11) is 1.66. The molecule has 136 valence electrons. The maximum absolute atomic E-state index is 6.20. The average molecular weight is 379 g/mol. The third-order valence-corrected chi connectivity index (χ3v) is 4.62. The van der Waals surface area contributed by atoms with Crippen LogP contribution in [0.3, 0.4) is 0 Å². The van der Waals surface area contributed by atoms with Crippen LogP contribution in [0.4, 0.5) is 11.4 Å². The smallest absolute Gasteiger partial charge is 0.142 e. The number of methoxy groups -OCH3 is 1. The normalized spacial score (nSPS) is 10.9. The van der Waals surface area contributed by atoms with E-state index in [-0.39, 0.29) is 0 Å². The minimum Gasteiger partial charge on any atom is -0.497 e. The molecular formula is C22H19ClN2O2. The Morgan fingerprint density at radius 3 is 2.63 bits per heavy atom. The number of para-hydroxylation sites is 2. The lowest BCUT2D eigenvalue weighted by molar-refractivity contribution is 0.342. The monoisotopic (exact) mass is 378 g/mol. The van der Waals surface area contributed by atoms with Gasteiger partial charge in [0.1, 0.15) is 11.5 Å². The molecule has 0 aliphatic rings. The first-order valence-electron chi connectivity index (χ1n) is 8.75. The average Bonchev–Trinajstić information content (AvgIpc) is 2.69. The molecule has 0 unspecified atom stereocenters. The van der Waals surface area contributed by atoms with E-state index in [4.69, 9.17) is 26.1 Å². The number of rotatable bonds is 5. The van der Waals surface area contributed by atoms with Crippen LogP contribution in [0.25, 0.3) is 21.8 Å². The first-order valence-corrected chi connectivity index (χ1v) is 9.13. The van der Waals surface area contributed by atoms with Gasteiger partial charge in [-0.25, -0.2) is 4.98 Å². The molecule has 4 nitrogen and oxygen atoms in total. The van der Waals surface area contributed by atoms with Crippen LogP contribution in [-0.2, 0) is 0 Å². The number of ether oxygens (including phenoxy) is 2. The second-order valence-electron chi connectivity index (χ2n) is 6.09. The molecule has 4 rings (SSSR count). The highest BCUT2D eigenvalue weighted by Crippen LogP contribution is 2.37. The van der Waals surface area contributed by atoms with Crippen LogP contribution in [0, 0.1) is 0 Å². The molecule has 0 saturated heterocycles. The van der Waals surface area contributed by atoms with E-state index >= 15 is 0 Å². The lowest BCUT2D eigenvalue weighted by Gasteiger charge is -2.16. The zero-order valence-corrected chi connectivity index (χ0v) is 15.9. The predicted molar refractivity (Wildman–Crippen MR) is 112 cm³/mol. The van der Waals surface area contributed by atoms with Gasteiger partial charge in [0.15, 0.2) is 0 Å². The molecule has 0 atom stereocenters. The first-order chi connectivity index (χ1) is 13.2. The quantitative estimate of drug-likeness (QED) is 0.420. The summed E-state index contributed by atoms with van der Waals surface area (Å²) < 4.78 is 11.2. The van der Waals surface area contributed by atoms with Gasteiger partial charge in [-0.1, -0.05) is 23.7 Å². The van der Waals surface area contributed by atoms with Crippen molar-refractivity contribution in [1.82, 2.24) is 4.98 Å². The SMILES string of the molecule is CCOc1ccccc1Nc1c2ccc(Cl)cc2nc2ccc(OC)cc12. The number of halogens is 1. The molecule has 5 heteroatoms. The third kappa shape index (κ3) is 3.36. The first kappa shape index (κ1) is 17.4. The standard InChI is InChI=1S/C22H19ClN2O2/c1-3-27-21-7-5-4-6-19(21)25-22-16-10-8-14(23)12-20(16)24-18-11-9-15(26-2)13-17(18)22/h4-13H,3H2,1-2H3,(H,24,25). The molecule has 3 aromatic carbocycles. The highest BCUT2D eigenvalue weighted by molar-refractivity contribution is 6.31. The van der Waals surface area contributed by atoms with Crippen molar-refractivity contribution >= 4 is 44.8 Å². The van der Waals surface area contributed by atoms with Gasteiger partial charge in [-0.05, 0) is 55.5 Å². The van der Waals surface area contributed by atoms with Gasteiger partial charge in [-0.2, -0.15) is 0 Å². The lowest BCUT2D eigenvalue weighted by Crippen LogP contribution is -2.00. The lowest BCUT2D eigenvalue weighted by atomic mass is 10.1. The zero-order valence-electron chi connectivity index (χ0n) is 15.1. The Balaban J connectivity index is 1.98. The third-order valence-electron chi connectivity index (χ3n) is 4.39. The summed E-state index contributed by atoms with van der Waals surface area (Å²) in [6, 6.07) is 19.5. The van der Waals surface area contributed by atoms with Crippen molar-refractivity contribution < 1.29 is 9.47 Å². The molecule has 0 amide bonds. The molecule has 1 aromatic heterocycles. The van der Waals surface area contributed by atoms with Crippen molar-refractivity contribution in [2.75, 3.05) is 19.0 Å². The maximum atomic E-state index is 6.20. The summed E-state index contributed by atoms with van der Waals surface area (Å²) >= 11 is 6.20. The molecule has 0 saturated carbocycles. The van der Waals surface area contributed by atoms with Crippen molar-refractivity contribution in [3.63, 3.8) is 0 Å². The summed E-state index contributed by atoms with van der Waals surface area (Å²) in [5.41, 5.74) is 3.53. The molecule has 0 radical (unpaired) electrons. The molecule has 1 heterocycles. The van der Waals surface area contributed by atoms with Crippen molar-refractivity contribution in [3.8, 4) is 11.5 Å². The van der Waals surface area contributed by atoms with E-state index in [1.807, 2.05) is 67.6 Å². The fourth-order valence-electron chi connectivity index (χ4n) is 3.14. The molecule has 0 aliphatic heterocycles. The Morgan fingerprint density at radius 1 is 0.963 bits per heavy atom. The summed E-state index contributed by atoms with van der Waals surface area (Å²) in [6.45, 7) is 2.57. The molecule has 0 spiro atoms. The Labute approximate surface area is 162 Å². The van der Waals surface area contributed by atoms with Gasteiger partial charge < -0.3 is 14.8 Å². The second kappa shape index (κ2) is 7.33. The highest BCUT2D eigenvalue weighted by Gasteiger charge is 2.13. The number of nitrogens with zero attached hydrogens (tertiary/aromatic N) is 1. The number of aromatic nitrogens is 1. The molecular weight excluding hydrogens is 360 g/mol. The van der Waals surface area contributed by atoms with Crippen LogP contribution >= 0.6 is 11.6 Å². The zero-order chi connectivity index (χ0) is 18.8. The highest BCUT2D eigenvalue weighted by atomic mass is 35.5. The van der Waals surface area contributed by atoms with E-state index in [0.29, 0.717) is 11.6 Å². The summed E-state index contributed by atoms with van der Waals surface area (Å²) in [4.78, 5) is 4.76. The molecule has 4 aromatic rings. The number of nitrogens with one attached hydrogen (secondary N) is 1. The molecule has 0 fully saturated rings. The van der Waals surface area contributed by atoms with Gasteiger partial charge in [0.2, 0.25) is 0 Å². The van der Waals surface area contributed by atoms with Crippen LogP contribution < -0.4 is 14.8 Å². The molecule has 0 aliphatic carbocycles. The van der Waals surface area contributed by atoms with E-state index in [9.17, 15) is 0 Å². The Hall–Kier alpha value is -2.98. The summed E-state index contributed by atoms with van der Waals surface area (Å²) in [6.07, 6.45) is 0. The Bertz CT molecular complexity index is 1130. The maximum Gasteiger partial charge on any atom is 0.142 e. The van der Waals surface area contributed by atoms with E-state index in [1.54, 1.807) is 7.11 Å². The van der Waals surface area contributed by atoms with Crippen molar-refractivity contribution in [2.24, 2.45) is 0 Å².